The van der Waals surface area contributed by atoms with E-state index in [2.05, 4.69) is 23.6 Å². The van der Waals surface area contributed by atoms with Gasteiger partial charge in [-0.25, -0.2) is 4.98 Å². The highest BCUT2D eigenvalue weighted by Crippen LogP contribution is 2.47. The Kier molecular flexibility index (Phi) is 4.12. The molecule has 6 heteroatoms. The summed E-state index contributed by atoms with van der Waals surface area (Å²) < 4.78 is 1.18. The van der Waals surface area contributed by atoms with E-state index in [-0.39, 0.29) is 5.91 Å². The number of thiophene rings is 1. The first-order valence-electron chi connectivity index (χ1n) is 8.13. The number of carbonyl (C=O) groups excluding carboxylic acids is 1. The minimum Gasteiger partial charge on any atom is -0.317 e. The van der Waals surface area contributed by atoms with Crippen molar-refractivity contribution >= 4 is 43.8 Å². The van der Waals surface area contributed by atoms with Gasteiger partial charge in [-0.1, -0.05) is 19.1 Å². The van der Waals surface area contributed by atoms with Crippen molar-refractivity contribution in [2.24, 2.45) is 0 Å². The topological polar surface area (TPSA) is 54.0 Å². The number of hydrogen-bond acceptors (Lipinski definition) is 5. The Balaban J connectivity index is 1.94. The van der Waals surface area contributed by atoms with Crippen molar-refractivity contribution in [3.63, 3.8) is 0 Å². The van der Waals surface area contributed by atoms with Crippen LogP contribution in [0, 0.1) is 0 Å². The molecule has 3 heterocycles. The molecule has 1 aliphatic heterocycles. The molecule has 0 aliphatic carbocycles. The van der Waals surface area contributed by atoms with Crippen LogP contribution in [0.2, 0.25) is 0 Å². The average molecular weight is 358 g/mol. The summed E-state index contributed by atoms with van der Waals surface area (Å²) in [7, 11) is 0. The first kappa shape index (κ1) is 15.7. The van der Waals surface area contributed by atoms with E-state index < -0.39 is 0 Å². The Morgan fingerprint density at radius 1 is 1.33 bits per heavy atom. The lowest BCUT2D eigenvalue weighted by Crippen LogP contribution is -2.11. The van der Waals surface area contributed by atoms with Crippen molar-refractivity contribution in [2.45, 2.75) is 32.7 Å². The van der Waals surface area contributed by atoms with Crippen LogP contribution in [0.25, 0.3) is 20.8 Å². The zero-order valence-electron chi connectivity index (χ0n) is 13.7. The van der Waals surface area contributed by atoms with Gasteiger partial charge in [0.25, 0.3) is 0 Å². The van der Waals surface area contributed by atoms with Gasteiger partial charge in [-0.3, -0.25) is 4.79 Å². The van der Waals surface area contributed by atoms with Gasteiger partial charge in [-0.2, -0.15) is 0 Å². The molecule has 0 fully saturated rings. The van der Waals surface area contributed by atoms with Gasteiger partial charge >= 0.3 is 0 Å². The van der Waals surface area contributed by atoms with Crippen molar-refractivity contribution in [1.82, 2.24) is 10.3 Å². The van der Waals surface area contributed by atoms with E-state index in [1.807, 2.05) is 18.2 Å². The number of benzene rings is 1. The monoisotopic (exact) mass is 357 g/mol. The minimum atomic E-state index is -0.0330. The van der Waals surface area contributed by atoms with Crippen molar-refractivity contribution < 1.29 is 4.79 Å². The van der Waals surface area contributed by atoms with Crippen LogP contribution in [-0.2, 0) is 11.3 Å². The Labute approximate surface area is 148 Å². The molecule has 1 atom stereocenters. The van der Waals surface area contributed by atoms with Crippen LogP contribution in [0.1, 0.15) is 36.6 Å². The smallest absolute Gasteiger partial charge is 0.221 e. The lowest BCUT2D eigenvalue weighted by Gasteiger charge is -2.11. The molecule has 4 rings (SSSR count). The first-order valence-corrected chi connectivity index (χ1v) is 9.76. The standard InChI is InChI=1S/C18H19N3OS2/c1-10-7-8-19-9-14-15(10)16(17(24-14)20-11(2)22)18-21-12-5-3-4-6-13(12)23-18/h3-6,10,19H,7-9H2,1-2H3,(H,20,22). The highest BCUT2D eigenvalue weighted by molar-refractivity contribution is 7.22. The molecule has 1 amide bonds. The molecule has 1 unspecified atom stereocenters. The van der Waals surface area contributed by atoms with Crippen LogP contribution in [0.5, 0.6) is 0 Å². The lowest BCUT2D eigenvalue weighted by molar-refractivity contribution is -0.114. The van der Waals surface area contributed by atoms with Gasteiger partial charge in [0.15, 0.2) is 0 Å². The zero-order chi connectivity index (χ0) is 16.7. The van der Waals surface area contributed by atoms with Crippen molar-refractivity contribution in [3.8, 4) is 10.6 Å². The van der Waals surface area contributed by atoms with E-state index in [0.29, 0.717) is 5.92 Å². The number of rotatable bonds is 2. The lowest BCUT2D eigenvalue weighted by atomic mass is 9.95. The molecule has 2 N–H and O–H groups in total. The van der Waals surface area contributed by atoms with Gasteiger partial charge < -0.3 is 10.6 Å². The molecule has 0 saturated carbocycles. The molecule has 1 aliphatic rings. The maximum Gasteiger partial charge on any atom is 0.221 e. The van der Waals surface area contributed by atoms with E-state index in [1.54, 1.807) is 29.6 Å². The fraction of sp³-hybridized carbons (Fsp3) is 0.333. The highest BCUT2D eigenvalue weighted by atomic mass is 32.1. The Morgan fingerprint density at radius 2 is 2.17 bits per heavy atom. The van der Waals surface area contributed by atoms with Crippen LogP contribution in [0.15, 0.2) is 24.3 Å². The Hall–Kier alpha value is -1.76. The molecule has 2 aromatic heterocycles. The summed E-state index contributed by atoms with van der Waals surface area (Å²) in [4.78, 5) is 17.9. The number of para-hydroxylation sites is 1. The van der Waals surface area contributed by atoms with Gasteiger partial charge in [0.1, 0.15) is 10.0 Å². The van der Waals surface area contributed by atoms with Crippen LogP contribution in [0.3, 0.4) is 0 Å². The average Bonchev–Trinajstić information content (AvgIpc) is 3.06. The summed E-state index contributed by atoms with van der Waals surface area (Å²) in [5.74, 6) is 0.421. The number of nitrogens with zero attached hydrogens (tertiary/aromatic N) is 1. The minimum absolute atomic E-state index is 0.0330. The van der Waals surface area contributed by atoms with Crippen LogP contribution in [-0.4, -0.2) is 17.4 Å². The third kappa shape index (κ3) is 2.75. The predicted molar refractivity (Wildman–Crippen MR) is 102 cm³/mol. The van der Waals surface area contributed by atoms with Crippen LogP contribution >= 0.6 is 22.7 Å². The van der Waals surface area contributed by atoms with E-state index >= 15 is 0 Å². The fourth-order valence-electron chi connectivity index (χ4n) is 3.25. The normalized spacial score (nSPS) is 17.5. The number of aromatic nitrogens is 1. The third-order valence-electron chi connectivity index (χ3n) is 4.35. The van der Waals surface area contributed by atoms with Gasteiger partial charge in [0, 0.05) is 23.9 Å². The molecule has 124 valence electrons. The molecular weight excluding hydrogens is 338 g/mol. The molecule has 24 heavy (non-hydrogen) atoms. The second kappa shape index (κ2) is 6.27. The summed E-state index contributed by atoms with van der Waals surface area (Å²) in [6.07, 6.45) is 1.10. The van der Waals surface area contributed by atoms with Gasteiger partial charge in [-0.05, 0) is 36.6 Å². The second-order valence-corrected chi connectivity index (χ2v) is 8.31. The quantitative estimate of drug-likeness (QED) is 0.706. The van der Waals surface area contributed by atoms with Crippen LogP contribution in [0.4, 0.5) is 5.00 Å². The molecule has 0 spiro atoms. The fourth-order valence-corrected chi connectivity index (χ4v) is 5.68. The van der Waals surface area contributed by atoms with Gasteiger partial charge in [0.2, 0.25) is 5.91 Å². The summed E-state index contributed by atoms with van der Waals surface area (Å²) in [5, 5.41) is 8.46. The SMILES string of the molecule is CC(=O)Nc1sc2c(c1-c1nc3ccccc3s1)C(C)CCNC2. The van der Waals surface area contributed by atoms with Gasteiger partial charge in [0.05, 0.1) is 10.2 Å². The molecular formula is C18H19N3OS2. The number of anilines is 1. The Bertz CT molecular complexity index is 879. The highest BCUT2D eigenvalue weighted by Gasteiger charge is 2.27. The van der Waals surface area contributed by atoms with Crippen molar-refractivity contribution in [1.29, 1.82) is 0 Å². The third-order valence-corrected chi connectivity index (χ3v) is 6.53. The number of hydrogen-bond donors (Lipinski definition) is 2. The van der Waals surface area contributed by atoms with E-state index in [4.69, 9.17) is 4.98 Å². The van der Waals surface area contributed by atoms with Crippen molar-refractivity contribution in [2.75, 3.05) is 11.9 Å². The first-order chi connectivity index (χ1) is 11.6. The van der Waals surface area contributed by atoms with Crippen LogP contribution < -0.4 is 10.6 Å². The molecule has 3 aromatic rings. The zero-order valence-corrected chi connectivity index (χ0v) is 15.3. The maximum absolute atomic E-state index is 11.7. The molecule has 4 nitrogen and oxygen atoms in total. The van der Waals surface area contributed by atoms with E-state index in [9.17, 15) is 4.79 Å². The summed E-state index contributed by atoms with van der Waals surface area (Å²) in [5.41, 5.74) is 3.50. The Morgan fingerprint density at radius 3 is 2.96 bits per heavy atom. The molecule has 0 radical (unpaired) electrons. The maximum atomic E-state index is 11.7. The summed E-state index contributed by atoms with van der Waals surface area (Å²) >= 11 is 3.39. The largest absolute Gasteiger partial charge is 0.317 e. The van der Waals surface area contributed by atoms with Crippen molar-refractivity contribution in [3.05, 3.63) is 34.7 Å². The van der Waals surface area contributed by atoms with E-state index in [1.165, 1.54) is 15.1 Å². The predicted octanol–water partition coefficient (Wildman–Crippen LogP) is 4.58. The van der Waals surface area contributed by atoms with E-state index in [0.717, 1.165) is 40.6 Å². The van der Waals surface area contributed by atoms with Gasteiger partial charge in [-0.15, -0.1) is 22.7 Å². The molecule has 1 aromatic carbocycles. The number of amides is 1. The summed E-state index contributed by atoms with van der Waals surface area (Å²) in [6, 6.07) is 8.20. The molecule has 0 bridgehead atoms. The number of fused-ring (bicyclic) bond motifs is 2. The number of carbonyl (C=O) groups is 1. The molecule has 0 saturated heterocycles. The number of thiazole rings is 1. The second-order valence-electron chi connectivity index (χ2n) is 6.18. The number of nitrogens with one attached hydrogen (secondary N) is 2. The summed E-state index contributed by atoms with van der Waals surface area (Å²) in [6.45, 7) is 5.72.